The van der Waals surface area contributed by atoms with Gasteiger partial charge in [0.1, 0.15) is 5.82 Å². The van der Waals surface area contributed by atoms with Gasteiger partial charge in [0.05, 0.1) is 11.4 Å². The van der Waals surface area contributed by atoms with E-state index in [1.54, 1.807) is 4.68 Å². The van der Waals surface area contributed by atoms with Gasteiger partial charge in [0.2, 0.25) is 0 Å². The van der Waals surface area contributed by atoms with Gasteiger partial charge >= 0.3 is 0 Å². The molecule has 25 heavy (non-hydrogen) atoms. The van der Waals surface area contributed by atoms with Crippen molar-refractivity contribution >= 4 is 11.7 Å². The van der Waals surface area contributed by atoms with E-state index in [0.717, 1.165) is 16.9 Å². The third-order valence-corrected chi connectivity index (χ3v) is 4.03. The number of carbonyl (C=O) groups excluding carboxylic acids is 1. The van der Waals surface area contributed by atoms with E-state index in [4.69, 9.17) is 5.10 Å². The second-order valence-electron chi connectivity index (χ2n) is 7.23. The zero-order chi connectivity index (χ0) is 18.0. The molecule has 0 aliphatic heterocycles. The molecule has 0 radical (unpaired) electrons. The van der Waals surface area contributed by atoms with Crippen LogP contribution in [0.3, 0.4) is 0 Å². The van der Waals surface area contributed by atoms with Crippen molar-refractivity contribution in [3.63, 3.8) is 0 Å². The first-order valence-electron chi connectivity index (χ1n) is 8.38. The van der Waals surface area contributed by atoms with Crippen LogP contribution in [0.25, 0.3) is 5.69 Å². The van der Waals surface area contributed by atoms with Crippen LogP contribution in [0.2, 0.25) is 0 Å². The molecule has 0 spiro atoms. The molecular weight excluding hydrogens is 310 g/mol. The maximum atomic E-state index is 12.6. The fourth-order valence-corrected chi connectivity index (χ4v) is 2.50. The van der Waals surface area contributed by atoms with Crippen molar-refractivity contribution < 1.29 is 4.79 Å². The fourth-order valence-electron chi connectivity index (χ4n) is 2.50. The summed E-state index contributed by atoms with van der Waals surface area (Å²) in [6, 6.07) is 19.3. The van der Waals surface area contributed by atoms with Crippen LogP contribution in [0.1, 0.15) is 42.4 Å². The number of para-hydroxylation sites is 1. The van der Waals surface area contributed by atoms with Gasteiger partial charge in [0.15, 0.2) is 0 Å². The first kappa shape index (κ1) is 17.0. The molecule has 0 saturated heterocycles. The Bertz CT molecular complexity index is 872. The highest BCUT2D eigenvalue weighted by molar-refractivity contribution is 6.04. The second-order valence-corrected chi connectivity index (χ2v) is 7.23. The van der Waals surface area contributed by atoms with Crippen LogP contribution in [0.4, 0.5) is 5.82 Å². The Morgan fingerprint density at radius 1 is 1.00 bits per heavy atom. The summed E-state index contributed by atoms with van der Waals surface area (Å²) < 4.78 is 1.78. The van der Waals surface area contributed by atoms with E-state index in [9.17, 15) is 4.79 Å². The van der Waals surface area contributed by atoms with Crippen molar-refractivity contribution in [2.45, 2.75) is 33.1 Å². The molecule has 128 valence electrons. The Morgan fingerprint density at radius 2 is 1.64 bits per heavy atom. The minimum absolute atomic E-state index is 0.108. The number of aromatic nitrogens is 2. The normalized spacial score (nSPS) is 11.4. The molecule has 1 N–H and O–H groups in total. The van der Waals surface area contributed by atoms with Crippen molar-refractivity contribution in [2.24, 2.45) is 0 Å². The first-order valence-corrected chi connectivity index (χ1v) is 8.38. The fraction of sp³-hybridized carbons (Fsp3) is 0.238. The predicted octanol–water partition coefficient (Wildman–Crippen LogP) is 4.73. The van der Waals surface area contributed by atoms with Crippen LogP contribution in [0.5, 0.6) is 0 Å². The standard InChI is InChI=1S/C21H23N3O/c1-15-10-12-16(13-11-15)20(25)22-19-14-18(21(2,3)4)23-24(19)17-8-6-5-7-9-17/h5-14H,1-4H3,(H,22,25). The van der Waals surface area contributed by atoms with Gasteiger partial charge in [-0.25, -0.2) is 4.68 Å². The van der Waals surface area contributed by atoms with Crippen LogP contribution in [-0.4, -0.2) is 15.7 Å². The molecule has 3 aromatic rings. The number of benzene rings is 2. The van der Waals surface area contributed by atoms with Gasteiger partial charge in [0.25, 0.3) is 5.91 Å². The molecule has 0 saturated carbocycles. The summed E-state index contributed by atoms with van der Waals surface area (Å²) in [5.74, 6) is 0.527. The van der Waals surface area contributed by atoms with Crippen LogP contribution < -0.4 is 5.32 Å². The lowest BCUT2D eigenvalue weighted by atomic mass is 9.92. The molecule has 1 amide bonds. The Morgan fingerprint density at radius 3 is 2.24 bits per heavy atom. The molecule has 1 heterocycles. The van der Waals surface area contributed by atoms with E-state index >= 15 is 0 Å². The van der Waals surface area contributed by atoms with Crippen LogP contribution in [0.15, 0.2) is 60.7 Å². The number of amides is 1. The topological polar surface area (TPSA) is 46.9 Å². The minimum Gasteiger partial charge on any atom is -0.306 e. The molecule has 0 atom stereocenters. The molecule has 2 aromatic carbocycles. The van der Waals surface area contributed by atoms with Crippen molar-refractivity contribution in [3.8, 4) is 5.69 Å². The molecule has 1 aromatic heterocycles. The van der Waals surface area contributed by atoms with E-state index in [1.165, 1.54) is 0 Å². The number of nitrogens with one attached hydrogen (secondary N) is 1. The quantitative estimate of drug-likeness (QED) is 0.753. The van der Waals surface area contributed by atoms with Crippen molar-refractivity contribution in [3.05, 3.63) is 77.5 Å². The van der Waals surface area contributed by atoms with Crippen molar-refractivity contribution in [2.75, 3.05) is 5.32 Å². The van der Waals surface area contributed by atoms with Gasteiger partial charge in [-0.15, -0.1) is 0 Å². The van der Waals surface area contributed by atoms with Crippen LogP contribution >= 0.6 is 0 Å². The summed E-state index contributed by atoms with van der Waals surface area (Å²) in [4.78, 5) is 12.6. The van der Waals surface area contributed by atoms with Gasteiger partial charge in [-0.3, -0.25) is 4.79 Å². The molecule has 4 heteroatoms. The summed E-state index contributed by atoms with van der Waals surface area (Å²) in [5, 5.41) is 7.71. The van der Waals surface area contributed by atoms with Gasteiger partial charge in [-0.2, -0.15) is 5.10 Å². The number of hydrogen-bond donors (Lipinski definition) is 1. The number of nitrogens with zero attached hydrogens (tertiary/aromatic N) is 2. The third-order valence-electron chi connectivity index (χ3n) is 4.03. The molecule has 4 nitrogen and oxygen atoms in total. The van der Waals surface area contributed by atoms with E-state index < -0.39 is 0 Å². The lowest BCUT2D eigenvalue weighted by Gasteiger charge is -2.14. The lowest BCUT2D eigenvalue weighted by molar-refractivity contribution is 0.102. The van der Waals surface area contributed by atoms with Gasteiger partial charge in [-0.05, 0) is 31.2 Å². The molecule has 0 bridgehead atoms. The Labute approximate surface area is 148 Å². The number of anilines is 1. The maximum absolute atomic E-state index is 12.6. The summed E-state index contributed by atoms with van der Waals surface area (Å²) in [6.45, 7) is 8.32. The monoisotopic (exact) mass is 333 g/mol. The lowest BCUT2D eigenvalue weighted by Crippen LogP contribution is -2.15. The van der Waals surface area contributed by atoms with Crippen LogP contribution in [-0.2, 0) is 5.41 Å². The molecular formula is C21H23N3O. The molecule has 0 aliphatic rings. The predicted molar refractivity (Wildman–Crippen MR) is 101 cm³/mol. The Hall–Kier alpha value is -2.88. The molecule has 0 fully saturated rings. The molecule has 0 unspecified atom stereocenters. The number of aryl methyl sites for hydroxylation is 1. The third kappa shape index (κ3) is 3.79. The first-order chi connectivity index (χ1) is 11.8. The Balaban J connectivity index is 1.98. The highest BCUT2D eigenvalue weighted by Crippen LogP contribution is 2.26. The smallest absolute Gasteiger partial charge is 0.256 e. The summed E-state index contributed by atoms with van der Waals surface area (Å²) in [5.41, 5.74) is 3.49. The number of hydrogen-bond acceptors (Lipinski definition) is 2. The van der Waals surface area contributed by atoms with Gasteiger partial charge in [0, 0.05) is 17.0 Å². The van der Waals surface area contributed by atoms with E-state index in [1.807, 2.05) is 67.6 Å². The Kier molecular flexibility index (Phi) is 4.45. The maximum Gasteiger partial charge on any atom is 0.256 e. The average Bonchev–Trinajstić information content (AvgIpc) is 3.00. The van der Waals surface area contributed by atoms with E-state index in [-0.39, 0.29) is 11.3 Å². The minimum atomic E-state index is -0.141. The molecule has 0 aliphatic carbocycles. The highest BCUT2D eigenvalue weighted by atomic mass is 16.1. The summed E-state index contributed by atoms with van der Waals surface area (Å²) in [7, 11) is 0. The van der Waals surface area contributed by atoms with Crippen LogP contribution in [0, 0.1) is 6.92 Å². The number of carbonyl (C=O) groups is 1. The molecule has 3 rings (SSSR count). The second kappa shape index (κ2) is 6.55. The van der Waals surface area contributed by atoms with Crippen molar-refractivity contribution in [1.82, 2.24) is 9.78 Å². The van der Waals surface area contributed by atoms with Gasteiger partial charge in [-0.1, -0.05) is 56.7 Å². The average molecular weight is 333 g/mol. The largest absolute Gasteiger partial charge is 0.306 e. The summed E-state index contributed by atoms with van der Waals surface area (Å²) in [6.07, 6.45) is 0. The highest BCUT2D eigenvalue weighted by Gasteiger charge is 2.21. The summed E-state index contributed by atoms with van der Waals surface area (Å²) >= 11 is 0. The SMILES string of the molecule is Cc1ccc(C(=O)Nc2cc(C(C)(C)C)nn2-c2ccccc2)cc1. The number of rotatable bonds is 3. The zero-order valence-electron chi connectivity index (χ0n) is 15.1. The van der Waals surface area contributed by atoms with E-state index in [0.29, 0.717) is 11.4 Å². The van der Waals surface area contributed by atoms with Gasteiger partial charge < -0.3 is 5.32 Å². The van der Waals surface area contributed by atoms with E-state index in [2.05, 4.69) is 26.1 Å². The zero-order valence-corrected chi connectivity index (χ0v) is 15.1. The van der Waals surface area contributed by atoms with Crippen molar-refractivity contribution in [1.29, 1.82) is 0 Å².